The fourth-order valence-electron chi connectivity index (χ4n) is 8.13. The van der Waals surface area contributed by atoms with Crippen LogP contribution in [0.3, 0.4) is 0 Å². The number of carbonyl (C=O) groups excluding carboxylic acids is 3. The lowest BCUT2D eigenvalue weighted by Crippen LogP contribution is -2.58. The van der Waals surface area contributed by atoms with Crippen LogP contribution in [0, 0.1) is 11.6 Å². The summed E-state index contributed by atoms with van der Waals surface area (Å²) >= 11 is 1.36. The van der Waals surface area contributed by atoms with Crippen LogP contribution >= 0.6 is 11.3 Å². The molecular weight excluding hydrogens is 741 g/mol. The number of methoxy groups -OCH3 is 1. The van der Waals surface area contributed by atoms with E-state index in [-0.39, 0.29) is 47.3 Å². The third-order valence-corrected chi connectivity index (χ3v) is 12.1. The van der Waals surface area contributed by atoms with Gasteiger partial charge in [-0.25, -0.2) is 18.4 Å². The molecule has 1 aliphatic carbocycles. The van der Waals surface area contributed by atoms with Gasteiger partial charge in [-0.1, -0.05) is 24.3 Å². The van der Waals surface area contributed by atoms with Gasteiger partial charge in [-0.3, -0.25) is 14.5 Å². The first-order valence-electron chi connectivity index (χ1n) is 19.0. The zero-order valence-electron chi connectivity index (χ0n) is 31.2. The van der Waals surface area contributed by atoms with Gasteiger partial charge in [-0.15, -0.1) is 11.3 Å². The van der Waals surface area contributed by atoms with E-state index in [1.54, 1.807) is 25.3 Å². The van der Waals surface area contributed by atoms with Gasteiger partial charge in [0.15, 0.2) is 0 Å². The summed E-state index contributed by atoms with van der Waals surface area (Å²) in [6.07, 6.45) is 5.49. The number of halogens is 2. The first kappa shape index (κ1) is 39.1. The molecule has 4 N–H and O–H groups in total. The first-order chi connectivity index (χ1) is 27.1. The summed E-state index contributed by atoms with van der Waals surface area (Å²) in [5.41, 5.74) is 3.24. The van der Waals surface area contributed by atoms with Crippen LogP contribution in [0.15, 0.2) is 60.7 Å². The van der Waals surface area contributed by atoms with E-state index in [0.717, 1.165) is 78.9 Å². The number of piperazine rings is 1. The lowest BCUT2D eigenvalue weighted by molar-refractivity contribution is 0.0696. The highest BCUT2D eigenvalue weighted by molar-refractivity contribution is 7.17. The van der Waals surface area contributed by atoms with Crippen molar-refractivity contribution in [2.45, 2.75) is 70.0 Å². The Morgan fingerprint density at radius 2 is 1.57 bits per heavy atom. The molecule has 4 aromatic rings. The number of fused-ring (bicyclic) bond motifs is 3. The number of amides is 4. The minimum atomic E-state index is -1.05. The Labute approximate surface area is 328 Å². The van der Waals surface area contributed by atoms with Crippen LogP contribution in [-0.2, 0) is 37.0 Å². The third-order valence-electron chi connectivity index (χ3n) is 10.9. The minimum Gasteiger partial charge on any atom is -0.478 e. The van der Waals surface area contributed by atoms with Gasteiger partial charge < -0.3 is 30.7 Å². The summed E-state index contributed by atoms with van der Waals surface area (Å²) in [4.78, 5) is 56.9. The van der Waals surface area contributed by atoms with Crippen molar-refractivity contribution in [2.24, 2.45) is 0 Å². The van der Waals surface area contributed by atoms with E-state index in [4.69, 9.17) is 9.84 Å². The van der Waals surface area contributed by atoms with Gasteiger partial charge in [0.1, 0.15) is 16.6 Å². The standard InChI is InChI=1S/C42H45F2N5O6S/c1-55-18-17-45-42(54)49-30-14-15-31(49)24-48(23-30)22-26-5-4-6-28(19-26)38(50)47-40-37(33-7-2-3-8-36(33)56-40)39(51)46-29-20-34(43)32(35(44)21-29)16-11-25-9-12-27(13-10-25)41(52)53/h4-6,9-10,12-13,19-21,30-31H,2-3,7-8,11,14-18,22-24H2,1H3,(H,45,54)(H,46,51)(H,47,50)(H,52,53). The number of nitrogens with zero attached hydrogens (tertiary/aromatic N) is 2. The van der Waals surface area contributed by atoms with Crippen molar-refractivity contribution in [3.8, 4) is 0 Å². The van der Waals surface area contributed by atoms with E-state index in [1.807, 2.05) is 23.1 Å². The predicted octanol–water partition coefficient (Wildman–Crippen LogP) is 6.90. The zero-order valence-corrected chi connectivity index (χ0v) is 32.0. The van der Waals surface area contributed by atoms with Gasteiger partial charge in [-0.2, -0.15) is 0 Å². The maximum atomic E-state index is 15.3. The molecule has 11 nitrogen and oxygen atoms in total. The molecular formula is C42H45F2N5O6S. The molecule has 7 rings (SSSR count). The highest BCUT2D eigenvalue weighted by Crippen LogP contribution is 2.39. The summed E-state index contributed by atoms with van der Waals surface area (Å²) in [5.74, 6) is -3.58. The van der Waals surface area contributed by atoms with Gasteiger partial charge >= 0.3 is 12.0 Å². The number of aryl methyl sites for hydroxylation is 2. The molecule has 3 heterocycles. The molecule has 2 aliphatic heterocycles. The maximum Gasteiger partial charge on any atom is 0.335 e. The van der Waals surface area contributed by atoms with E-state index in [1.165, 1.54) is 23.5 Å². The quantitative estimate of drug-likeness (QED) is 0.108. The number of nitrogens with one attached hydrogen (secondary N) is 3. The Morgan fingerprint density at radius 1 is 0.857 bits per heavy atom. The lowest BCUT2D eigenvalue weighted by Gasteiger charge is -2.41. The number of carbonyl (C=O) groups is 4. The van der Waals surface area contributed by atoms with Crippen molar-refractivity contribution in [3.05, 3.63) is 116 Å². The van der Waals surface area contributed by atoms with Crippen LogP contribution in [0.2, 0.25) is 0 Å². The molecule has 2 saturated heterocycles. The molecule has 2 fully saturated rings. The van der Waals surface area contributed by atoms with E-state index in [0.29, 0.717) is 48.7 Å². The number of aromatic carboxylic acids is 1. The number of thiophene rings is 1. The highest BCUT2D eigenvalue weighted by Gasteiger charge is 2.42. The molecule has 3 aliphatic rings. The van der Waals surface area contributed by atoms with E-state index >= 15 is 8.78 Å². The monoisotopic (exact) mass is 785 g/mol. The Bertz CT molecular complexity index is 2090. The van der Waals surface area contributed by atoms with Crippen LogP contribution in [0.5, 0.6) is 0 Å². The molecule has 0 radical (unpaired) electrons. The normalized spacial score (nSPS) is 17.7. The van der Waals surface area contributed by atoms with E-state index < -0.39 is 23.5 Å². The van der Waals surface area contributed by atoms with E-state index in [2.05, 4.69) is 20.9 Å². The Balaban J connectivity index is 1.01. The Morgan fingerprint density at radius 3 is 2.27 bits per heavy atom. The van der Waals surface area contributed by atoms with Crippen LogP contribution in [0.1, 0.15) is 83.9 Å². The van der Waals surface area contributed by atoms with Gasteiger partial charge in [0.05, 0.1) is 17.7 Å². The number of hydrogen-bond donors (Lipinski definition) is 4. The van der Waals surface area contributed by atoms with Crippen LogP contribution in [0.4, 0.5) is 24.3 Å². The minimum absolute atomic E-state index is 0.0405. The van der Waals surface area contributed by atoms with Crippen molar-refractivity contribution in [3.63, 3.8) is 0 Å². The van der Waals surface area contributed by atoms with Crippen molar-refractivity contribution >= 4 is 45.8 Å². The third kappa shape index (κ3) is 8.77. The molecule has 56 heavy (non-hydrogen) atoms. The largest absolute Gasteiger partial charge is 0.478 e. The fraction of sp³-hybridized carbons (Fsp3) is 0.381. The van der Waals surface area contributed by atoms with Gasteiger partial charge in [0.25, 0.3) is 11.8 Å². The summed E-state index contributed by atoms with van der Waals surface area (Å²) in [5, 5.41) is 18.1. The van der Waals surface area contributed by atoms with Crippen LogP contribution < -0.4 is 16.0 Å². The number of anilines is 2. The number of urea groups is 1. The van der Waals surface area contributed by atoms with Crippen molar-refractivity contribution in [1.29, 1.82) is 0 Å². The molecule has 294 valence electrons. The number of hydrogen-bond acceptors (Lipinski definition) is 7. The van der Waals surface area contributed by atoms with Crippen molar-refractivity contribution in [2.75, 3.05) is 44.0 Å². The molecule has 0 saturated carbocycles. The molecule has 2 bridgehead atoms. The number of carboxylic acid groups (broad SMARTS) is 1. The second-order valence-corrected chi connectivity index (χ2v) is 15.8. The Hall–Kier alpha value is -5.18. The zero-order chi connectivity index (χ0) is 39.3. The van der Waals surface area contributed by atoms with Crippen molar-refractivity contribution < 1.29 is 37.8 Å². The summed E-state index contributed by atoms with van der Waals surface area (Å²) < 4.78 is 35.6. The average Bonchev–Trinajstić information content (AvgIpc) is 3.68. The number of carboxylic acids is 1. The highest BCUT2D eigenvalue weighted by atomic mass is 32.1. The van der Waals surface area contributed by atoms with Crippen molar-refractivity contribution in [1.82, 2.24) is 15.1 Å². The number of ether oxygens (including phenoxy) is 1. The summed E-state index contributed by atoms with van der Waals surface area (Å²) in [7, 11) is 1.60. The molecule has 1 aromatic heterocycles. The molecule has 4 amide bonds. The predicted molar refractivity (Wildman–Crippen MR) is 210 cm³/mol. The van der Waals surface area contributed by atoms with E-state index in [9.17, 15) is 19.2 Å². The Kier molecular flexibility index (Phi) is 12.1. The molecule has 2 atom stereocenters. The second kappa shape index (κ2) is 17.3. The van der Waals surface area contributed by atoms with Crippen LogP contribution in [-0.4, -0.2) is 84.2 Å². The van der Waals surface area contributed by atoms with Gasteiger partial charge in [-0.05, 0) is 104 Å². The SMILES string of the molecule is COCCNC(=O)N1C2CCC1CN(Cc1cccc(C(=O)Nc3sc4c(c3C(=O)Nc3cc(F)c(CCc5ccc(C(=O)O)cc5)c(F)c3)CCCC4)c1)C2. The van der Waals surface area contributed by atoms with Crippen LogP contribution in [0.25, 0.3) is 0 Å². The number of benzene rings is 3. The molecule has 3 aromatic carbocycles. The first-order valence-corrected chi connectivity index (χ1v) is 19.8. The molecule has 0 spiro atoms. The molecule has 2 unspecified atom stereocenters. The smallest absolute Gasteiger partial charge is 0.335 e. The summed E-state index contributed by atoms with van der Waals surface area (Å²) in [6, 6.07) is 15.9. The maximum absolute atomic E-state index is 15.3. The lowest BCUT2D eigenvalue weighted by atomic mass is 9.95. The number of likely N-dealkylation sites (tertiary alicyclic amines) is 1. The second-order valence-electron chi connectivity index (χ2n) is 14.7. The van der Waals surface area contributed by atoms with Gasteiger partial charge in [0.2, 0.25) is 0 Å². The topological polar surface area (TPSA) is 140 Å². The van der Waals surface area contributed by atoms with Gasteiger partial charge in [0, 0.05) is 67.1 Å². The fourth-order valence-corrected chi connectivity index (χ4v) is 9.41. The average molecular weight is 786 g/mol. The summed E-state index contributed by atoms with van der Waals surface area (Å²) in [6.45, 7) is 3.04. The molecule has 14 heteroatoms. The number of rotatable bonds is 13.